The van der Waals surface area contributed by atoms with Crippen LogP contribution in [0.1, 0.15) is 45.6 Å². The number of pyridine rings is 1. The van der Waals surface area contributed by atoms with Crippen LogP contribution in [0.25, 0.3) is 0 Å². The van der Waals surface area contributed by atoms with Crippen LogP contribution >= 0.6 is 0 Å². The summed E-state index contributed by atoms with van der Waals surface area (Å²) < 4.78 is 5.56. The van der Waals surface area contributed by atoms with Gasteiger partial charge in [0.1, 0.15) is 5.82 Å². The van der Waals surface area contributed by atoms with E-state index in [1.54, 1.807) is 7.05 Å². The lowest BCUT2D eigenvalue weighted by Crippen LogP contribution is -2.37. The molecule has 0 unspecified atom stereocenters. The van der Waals surface area contributed by atoms with Crippen molar-refractivity contribution < 1.29 is 4.74 Å². The van der Waals surface area contributed by atoms with E-state index in [0.717, 1.165) is 63.0 Å². The number of hydrogen-bond acceptors (Lipinski definition) is 4. The fraction of sp³-hybridized carbons (Fsp3) is 0.684. The maximum atomic E-state index is 5.56. The minimum Gasteiger partial charge on any atom is -0.381 e. The third-order valence-electron chi connectivity index (χ3n) is 3.98. The van der Waals surface area contributed by atoms with Crippen LogP contribution in [0.2, 0.25) is 0 Å². The molecule has 0 bridgehead atoms. The second kappa shape index (κ2) is 13.5. The van der Waals surface area contributed by atoms with Crippen LogP contribution in [0, 0.1) is 0 Å². The summed E-state index contributed by atoms with van der Waals surface area (Å²) >= 11 is 0. The summed E-state index contributed by atoms with van der Waals surface area (Å²) in [4.78, 5) is 11.0. The summed E-state index contributed by atoms with van der Waals surface area (Å²) in [5, 5.41) is 6.63. The summed E-state index contributed by atoms with van der Waals surface area (Å²) in [6.07, 6.45) is 5.22. The number of guanidine groups is 1. The van der Waals surface area contributed by atoms with Crippen molar-refractivity contribution in [2.24, 2.45) is 4.99 Å². The van der Waals surface area contributed by atoms with Crippen LogP contribution < -0.4 is 15.5 Å². The molecule has 0 saturated carbocycles. The molecule has 0 atom stereocenters. The number of aliphatic imine (C=N–C) groups is 1. The van der Waals surface area contributed by atoms with Gasteiger partial charge in [-0.15, -0.1) is 0 Å². The van der Waals surface area contributed by atoms with Crippen molar-refractivity contribution in [2.45, 2.75) is 46.6 Å². The van der Waals surface area contributed by atoms with E-state index >= 15 is 0 Å². The second-order valence-electron chi connectivity index (χ2n) is 5.87. The number of unbranched alkanes of at least 4 members (excludes halogenated alkanes) is 1. The van der Waals surface area contributed by atoms with Gasteiger partial charge in [0.2, 0.25) is 0 Å². The normalized spacial score (nSPS) is 11.4. The fourth-order valence-electron chi connectivity index (χ4n) is 2.39. The Labute approximate surface area is 153 Å². The van der Waals surface area contributed by atoms with Crippen LogP contribution in [0.4, 0.5) is 5.82 Å². The summed E-state index contributed by atoms with van der Waals surface area (Å²) in [6, 6.07) is 4.19. The highest BCUT2D eigenvalue weighted by molar-refractivity contribution is 5.79. The molecule has 0 spiro atoms. The van der Waals surface area contributed by atoms with Crippen molar-refractivity contribution in [2.75, 3.05) is 44.8 Å². The minimum atomic E-state index is 0.707. The molecule has 1 aromatic heterocycles. The van der Waals surface area contributed by atoms with Crippen molar-refractivity contribution in [1.29, 1.82) is 0 Å². The Balaban J connectivity index is 2.28. The topological polar surface area (TPSA) is 61.8 Å². The molecule has 1 aromatic rings. The smallest absolute Gasteiger partial charge is 0.191 e. The largest absolute Gasteiger partial charge is 0.381 e. The van der Waals surface area contributed by atoms with E-state index in [-0.39, 0.29) is 0 Å². The molecule has 0 saturated heterocycles. The van der Waals surface area contributed by atoms with Gasteiger partial charge >= 0.3 is 0 Å². The molecule has 0 aliphatic heterocycles. The highest BCUT2D eigenvalue weighted by atomic mass is 16.5. The Bertz CT molecular complexity index is 471. The van der Waals surface area contributed by atoms with E-state index < -0.39 is 0 Å². The van der Waals surface area contributed by atoms with Gasteiger partial charge in [-0.3, -0.25) is 4.99 Å². The van der Waals surface area contributed by atoms with Gasteiger partial charge in [0, 0.05) is 52.6 Å². The molecule has 25 heavy (non-hydrogen) atoms. The van der Waals surface area contributed by atoms with E-state index in [4.69, 9.17) is 4.74 Å². The van der Waals surface area contributed by atoms with Crippen molar-refractivity contribution in [3.8, 4) is 0 Å². The molecule has 0 aromatic carbocycles. The van der Waals surface area contributed by atoms with Crippen molar-refractivity contribution >= 4 is 11.8 Å². The van der Waals surface area contributed by atoms with Gasteiger partial charge in [-0.25, -0.2) is 4.98 Å². The summed E-state index contributed by atoms with van der Waals surface area (Å²) in [7, 11) is 1.79. The maximum Gasteiger partial charge on any atom is 0.191 e. The molecule has 142 valence electrons. The highest BCUT2D eigenvalue weighted by Gasteiger charge is 2.03. The first kappa shape index (κ1) is 21.2. The number of ether oxygens (including phenoxy) is 1. The molecule has 0 fully saturated rings. The van der Waals surface area contributed by atoms with E-state index in [2.05, 4.69) is 58.4 Å². The lowest BCUT2D eigenvalue weighted by atomic mass is 10.2. The van der Waals surface area contributed by atoms with Crippen LogP contribution in [0.5, 0.6) is 0 Å². The molecule has 1 rings (SSSR count). The van der Waals surface area contributed by atoms with Crippen molar-refractivity contribution in [1.82, 2.24) is 15.6 Å². The number of anilines is 1. The Morgan fingerprint density at radius 2 is 1.88 bits per heavy atom. The third-order valence-corrected chi connectivity index (χ3v) is 3.98. The van der Waals surface area contributed by atoms with Crippen molar-refractivity contribution in [3.63, 3.8) is 0 Å². The Morgan fingerprint density at radius 1 is 1.12 bits per heavy atom. The molecule has 1 heterocycles. The molecule has 0 amide bonds. The first-order valence-electron chi connectivity index (χ1n) is 9.47. The van der Waals surface area contributed by atoms with Gasteiger partial charge in [-0.1, -0.05) is 19.4 Å². The SMILES string of the molecule is CCCCOCCCNC(=NC)NCc1ccc(N(CC)CC)nc1. The average Bonchev–Trinajstić information content (AvgIpc) is 2.65. The highest BCUT2D eigenvalue weighted by Crippen LogP contribution is 2.10. The molecule has 6 heteroatoms. The minimum absolute atomic E-state index is 0.707. The van der Waals surface area contributed by atoms with Gasteiger partial charge in [-0.2, -0.15) is 0 Å². The second-order valence-corrected chi connectivity index (χ2v) is 5.87. The molecule has 6 nitrogen and oxygen atoms in total. The van der Waals surface area contributed by atoms with Gasteiger partial charge in [0.25, 0.3) is 0 Å². The molecular formula is C19H35N5O. The Hall–Kier alpha value is -1.82. The van der Waals surface area contributed by atoms with Crippen LogP contribution in [0.15, 0.2) is 23.3 Å². The van der Waals surface area contributed by atoms with Gasteiger partial charge < -0.3 is 20.3 Å². The lowest BCUT2D eigenvalue weighted by Gasteiger charge is -2.19. The summed E-state index contributed by atoms with van der Waals surface area (Å²) in [5.74, 6) is 1.83. The zero-order valence-electron chi connectivity index (χ0n) is 16.3. The first-order chi connectivity index (χ1) is 12.2. The number of nitrogens with one attached hydrogen (secondary N) is 2. The number of aromatic nitrogens is 1. The summed E-state index contributed by atoms with van der Waals surface area (Å²) in [6.45, 7) is 11.6. The summed E-state index contributed by atoms with van der Waals surface area (Å²) in [5.41, 5.74) is 1.14. The average molecular weight is 350 g/mol. The Morgan fingerprint density at radius 3 is 2.48 bits per heavy atom. The quantitative estimate of drug-likeness (QED) is 0.345. The van der Waals surface area contributed by atoms with Crippen LogP contribution in [0.3, 0.4) is 0 Å². The zero-order chi connectivity index (χ0) is 18.3. The van der Waals surface area contributed by atoms with E-state index in [1.165, 1.54) is 6.42 Å². The fourth-order valence-corrected chi connectivity index (χ4v) is 2.39. The van der Waals surface area contributed by atoms with E-state index in [9.17, 15) is 0 Å². The Kier molecular flexibility index (Phi) is 11.4. The zero-order valence-corrected chi connectivity index (χ0v) is 16.3. The first-order valence-corrected chi connectivity index (χ1v) is 9.47. The van der Waals surface area contributed by atoms with Crippen LogP contribution in [-0.4, -0.2) is 50.8 Å². The van der Waals surface area contributed by atoms with Crippen molar-refractivity contribution in [3.05, 3.63) is 23.9 Å². The van der Waals surface area contributed by atoms with Gasteiger partial charge in [0.15, 0.2) is 5.96 Å². The van der Waals surface area contributed by atoms with E-state index in [0.29, 0.717) is 6.54 Å². The van der Waals surface area contributed by atoms with E-state index in [1.807, 2.05) is 6.20 Å². The molecule has 0 radical (unpaired) electrons. The molecule has 2 N–H and O–H groups in total. The molecule has 0 aliphatic carbocycles. The molecular weight excluding hydrogens is 314 g/mol. The predicted octanol–water partition coefficient (Wildman–Crippen LogP) is 2.80. The number of rotatable bonds is 12. The third kappa shape index (κ3) is 8.72. The monoisotopic (exact) mass is 349 g/mol. The van der Waals surface area contributed by atoms with Gasteiger partial charge in [0.05, 0.1) is 0 Å². The predicted molar refractivity (Wildman–Crippen MR) is 106 cm³/mol. The number of hydrogen-bond donors (Lipinski definition) is 2. The lowest BCUT2D eigenvalue weighted by molar-refractivity contribution is 0.129. The maximum absolute atomic E-state index is 5.56. The van der Waals surface area contributed by atoms with Crippen LogP contribution in [-0.2, 0) is 11.3 Å². The number of nitrogens with zero attached hydrogens (tertiary/aromatic N) is 3. The molecule has 0 aliphatic rings. The van der Waals surface area contributed by atoms with Gasteiger partial charge in [-0.05, 0) is 38.3 Å². The standard InChI is InChI=1S/C19H35N5O/c1-5-8-13-25-14-9-12-21-19(20-4)23-16-17-10-11-18(22-15-17)24(6-2)7-3/h10-11,15H,5-9,12-14,16H2,1-4H3,(H2,20,21,23).